The normalized spacial score (nSPS) is 16.8. The molecule has 2 aliphatic rings. The number of halogens is 3. The first-order valence-corrected chi connectivity index (χ1v) is 16.3. The summed E-state index contributed by atoms with van der Waals surface area (Å²) in [5.41, 5.74) is 0.315. The van der Waals surface area contributed by atoms with Gasteiger partial charge in [0.05, 0.1) is 36.9 Å². The lowest BCUT2D eigenvalue weighted by molar-refractivity contribution is -0.107. The molecule has 0 bridgehead atoms. The van der Waals surface area contributed by atoms with E-state index in [2.05, 4.69) is 20.5 Å². The molecule has 250 valence electrons. The van der Waals surface area contributed by atoms with Gasteiger partial charge < -0.3 is 29.8 Å². The number of piperidine rings is 1. The van der Waals surface area contributed by atoms with Crippen molar-refractivity contribution < 1.29 is 27.4 Å². The standard InChI is InChI=1S/C34H44F3N5O4/c1-23(26-9-8-10-28(30(26)35)34(36,37)24-11-13-38-14-12-24)39-32-27-21-25(42-15-19-45-20-16-42)22-29(31(27)41(2)33(44)40-32)46-18-7-5-3-4-6-17-43/h8-10,17,21-24,38H,3-7,11-16,18-20H2,1-2H3,(H,39,40,44)/t23-/m1/s1. The van der Waals surface area contributed by atoms with Crippen LogP contribution in [-0.2, 0) is 22.5 Å². The van der Waals surface area contributed by atoms with Crippen LogP contribution in [0, 0.1) is 11.7 Å². The fourth-order valence-corrected chi connectivity index (χ4v) is 6.36. The van der Waals surface area contributed by atoms with E-state index in [0.717, 1.165) is 37.7 Å². The van der Waals surface area contributed by atoms with Crippen LogP contribution in [-0.4, -0.2) is 61.8 Å². The van der Waals surface area contributed by atoms with Crippen LogP contribution in [0.4, 0.5) is 24.7 Å². The van der Waals surface area contributed by atoms with E-state index in [1.54, 1.807) is 14.0 Å². The second kappa shape index (κ2) is 15.3. The van der Waals surface area contributed by atoms with Crippen molar-refractivity contribution >= 4 is 28.7 Å². The first-order valence-electron chi connectivity index (χ1n) is 16.3. The van der Waals surface area contributed by atoms with Crippen molar-refractivity contribution in [2.75, 3.05) is 56.2 Å². The van der Waals surface area contributed by atoms with Crippen LogP contribution in [0.2, 0.25) is 0 Å². The summed E-state index contributed by atoms with van der Waals surface area (Å²) in [6.45, 7) is 5.51. The fourth-order valence-electron chi connectivity index (χ4n) is 6.36. The van der Waals surface area contributed by atoms with Crippen LogP contribution in [0.25, 0.3) is 10.9 Å². The SMILES string of the molecule is C[C@@H](Nc1nc(=O)n(C)c2c(OCCCCCCC=O)cc(N3CCOCC3)cc12)c1cccc(C(F)(F)C2CCNCC2)c1F. The highest BCUT2D eigenvalue weighted by Gasteiger charge is 2.44. The molecule has 0 saturated carbocycles. The van der Waals surface area contributed by atoms with Gasteiger partial charge >= 0.3 is 5.69 Å². The summed E-state index contributed by atoms with van der Waals surface area (Å²) >= 11 is 0. The van der Waals surface area contributed by atoms with Crippen LogP contribution >= 0.6 is 0 Å². The van der Waals surface area contributed by atoms with Crippen LogP contribution in [0.15, 0.2) is 35.1 Å². The average Bonchev–Trinajstić information content (AvgIpc) is 3.07. The number of benzene rings is 2. The van der Waals surface area contributed by atoms with Crippen LogP contribution < -0.4 is 26.0 Å². The van der Waals surface area contributed by atoms with E-state index in [0.29, 0.717) is 69.1 Å². The number of alkyl halides is 2. The van der Waals surface area contributed by atoms with Crippen molar-refractivity contribution in [2.45, 2.75) is 63.8 Å². The third kappa shape index (κ3) is 7.49. The fraction of sp³-hybridized carbons (Fsp3) is 0.559. The number of nitrogens with zero attached hydrogens (tertiary/aromatic N) is 3. The number of carbonyl (C=O) groups is 1. The molecule has 3 heterocycles. The van der Waals surface area contributed by atoms with Gasteiger partial charge in [0.1, 0.15) is 23.7 Å². The Kier molecular flexibility index (Phi) is 11.2. The second-order valence-electron chi connectivity index (χ2n) is 12.2. The maximum Gasteiger partial charge on any atom is 0.349 e. The molecule has 0 amide bonds. The van der Waals surface area contributed by atoms with Crippen LogP contribution in [0.1, 0.15) is 69.0 Å². The zero-order valence-electron chi connectivity index (χ0n) is 26.6. The Hall–Kier alpha value is -3.64. The molecular formula is C34H44F3N5O4. The third-order valence-corrected chi connectivity index (χ3v) is 9.05. The number of hydrogen-bond donors (Lipinski definition) is 2. The molecule has 2 aliphatic heterocycles. The van der Waals surface area contributed by atoms with Crippen molar-refractivity contribution in [2.24, 2.45) is 13.0 Å². The van der Waals surface area contributed by atoms with E-state index in [1.807, 2.05) is 12.1 Å². The number of hydrogen-bond acceptors (Lipinski definition) is 8. The van der Waals surface area contributed by atoms with Crippen LogP contribution in [0.3, 0.4) is 0 Å². The Morgan fingerprint density at radius 1 is 1.15 bits per heavy atom. The van der Waals surface area contributed by atoms with Crippen molar-refractivity contribution in [3.8, 4) is 5.75 Å². The van der Waals surface area contributed by atoms with Crippen molar-refractivity contribution in [3.05, 3.63) is 57.8 Å². The summed E-state index contributed by atoms with van der Waals surface area (Å²) in [7, 11) is 1.62. The molecule has 46 heavy (non-hydrogen) atoms. The number of aromatic nitrogens is 2. The predicted molar refractivity (Wildman–Crippen MR) is 173 cm³/mol. The van der Waals surface area contributed by atoms with E-state index in [4.69, 9.17) is 9.47 Å². The smallest absolute Gasteiger partial charge is 0.349 e. The molecule has 12 heteroatoms. The molecule has 5 rings (SSSR count). The van der Waals surface area contributed by atoms with Crippen molar-refractivity contribution in [1.29, 1.82) is 0 Å². The monoisotopic (exact) mass is 643 g/mol. The number of carbonyl (C=O) groups excluding carboxylic acids is 1. The van der Waals surface area contributed by atoms with Crippen LogP contribution in [0.5, 0.6) is 5.75 Å². The van der Waals surface area contributed by atoms with E-state index in [9.17, 15) is 9.59 Å². The third-order valence-electron chi connectivity index (χ3n) is 9.05. The molecule has 0 radical (unpaired) electrons. The average molecular weight is 644 g/mol. The lowest BCUT2D eigenvalue weighted by atomic mass is 9.86. The molecule has 3 aromatic rings. The molecule has 1 atom stereocenters. The number of nitrogens with one attached hydrogen (secondary N) is 2. The Balaban J connectivity index is 1.48. The van der Waals surface area contributed by atoms with Crippen molar-refractivity contribution in [1.82, 2.24) is 14.9 Å². The van der Waals surface area contributed by atoms with E-state index >= 15 is 13.2 Å². The molecule has 0 unspecified atom stereocenters. The largest absolute Gasteiger partial charge is 0.491 e. The second-order valence-corrected chi connectivity index (χ2v) is 12.2. The summed E-state index contributed by atoms with van der Waals surface area (Å²) in [6.07, 6.45) is 5.45. The van der Waals surface area contributed by atoms with Gasteiger partial charge in [-0.1, -0.05) is 31.0 Å². The summed E-state index contributed by atoms with van der Waals surface area (Å²) in [6, 6.07) is 7.17. The zero-order valence-corrected chi connectivity index (χ0v) is 26.6. The van der Waals surface area contributed by atoms with Gasteiger partial charge in [-0.2, -0.15) is 4.98 Å². The number of rotatable bonds is 14. The maximum atomic E-state index is 15.9. The highest BCUT2D eigenvalue weighted by molar-refractivity contribution is 5.96. The van der Waals surface area contributed by atoms with Gasteiger partial charge in [0.25, 0.3) is 5.92 Å². The first-order chi connectivity index (χ1) is 22.2. The highest BCUT2D eigenvalue weighted by atomic mass is 19.3. The minimum Gasteiger partial charge on any atom is -0.491 e. The molecule has 2 aromatic carbocycles. The summed E-state index contributed by atoms with van der Waals surface area (Å²) in [5, 5.41) is 6.85. The number of aryl methyl sites for hydroxylation is 1. The number of ether oxygens (including phenoxy) is 2. The Morgan fingerprint density at radius 2 is 1.89 bits per heavy atom. The van der Waals surface area contributed by atoms with E-state index in [-0.39, 0.29) is 24.2 Å². The molecule has 0 spiro atoms. The number of morpholine rings is 1. The van der Waals surface area contributed by atoms with Gasteiger partial charge in [-0.25, -0.2) is 18.0 Å². The minimum atomic E-state index is -3.32. The van der Waals surface area contributed by atoms with Gasteiger partial charge in [0, 0.05) is 55.2 Å². The Labute approximate surface area is 267 Å². The number of anilines is 2. The highest BCUT2D eigenvalue weighted by Crippen LogP contribution is 2.43. The molecule has 2 N–H and O–H groups in total. The summed E-state index contributed by atoms with van der Waals surface area (Å²) < 4.78 is 60.3. The minimum absolute atomic E-state index is 0.0668. The van der Waals surface area contributed by atoms with Crippen molar-refractivity contribution in [3.63, 3.8) is 0 Å². The van der Waals surface area contributed by atoms with E-state index in [1.165, 1.54) is 22.8 Å². The molecular weight excluding hydrogens is 599 g/mol. The van der Waals surface area contributed by atoms with Gasteiger partial charge in [-0.3, -0.25) is 4.57 Å². The van der Waals surface area contributed by atoms with Gasteiger partial charge in [0.2, 0.25) is 0 Å². The topological polar surface area (TPSA) is 97.7 Å². The number of aldehydes is 1. The van der Waals surface area contributed by atoms with Gasteiger partial charge in [0.15, 0.2) is 0 Å². The summed E-state index contributed by atoms with van der Waals surface area (Å²) in [4.78, 5) is 30.2. The molecule has 0 aliphatic carbocycles. The molecule has 2 fully saturated rings. The first kappa shape index (κ1) is 33.7. The lowest BCUT2D eigenvalue weighted by Gasteiger charge is -2.31. The lowest BCUT2D eigenvalue weighted by Crippen LogP contribution is -2.37. The van der Waals surface area contributed by atoms with Gasteiger partial charge in [-0.15, -0.1) is 0 Å². The molecule has 2 saturated heterocycles. The zero-order chi connectivity index (χ0) is 32.7. The number of fused-ring (bicyclic) bond motifs is 1. The Bertz CT molecular complexity index is 1550. The summed E-state index contributed by atoms with van der Waals surface area (Å²) in [5.74, 6) is -4.49. The predicted octanol–water partition coefficient (Wildman–Crippen LogP) is 5.70. The van der Waals surface area contributed by atoms with E-state index < -0.39 is 35.0 Å². The van der Waals surface area contributed by atoms with Gasteiger partial charge in [-0.05, 0) is 51.8 Å². The quantitative estimate of drug-likeness (QED) is 0.171. The molecule has 9 nitrogen and oxygen atoms in total. The molecule has 1 aromatic heterocycles. The maximum absolute atomic E-state index is 15.9. The number of unbranched alkanes of at least 4 members (excludes halogenated alkanes) is 4. The Morgan fingerprint density at radius 3 is 2.63 bits per heavy atom.